The van der Waals surface area contributed by atoms with Crippen LogP contribution in [0.2, 0.25) is 18.6 Å². The first-order chi connectivity index (χ1) is 25.5. The molecule has 54 heavy (non-hydrogen) atoms. The first kappa shape index (κ1) is 43.9. The van der Waals surface area contributed by atoms with Crippen LogP contribution in [0.4, 0.5) is 0 Å². The third kappa shape index (κ3) is 9.57. The van der Waals surface area contributed by atoms with Crippen LogP contribution in [-0.4, -0.2) is 44.2 Å². The van der Waals surface area contributed by atoms with Crippen molar-refractivity contribution in [3.8, 4) is 0 Å². The standard InChI is InChI=1S/C51H89N2Si/c1-13-16-19-20-21-22-23-24-25-26-27-28-31-50(7)38-41-35-45-44-34-40-29-30-48(54(11,12)52(49(4,5)6)53(8,9)10)43(40)37-47(44)51(32-17-14-2,33-18-15-3)46(45)36-42(41)39-50/h34-37,40,43,48H,13-33,38-39H2,1-12H3/q+1. The molecule has 0 amide bonds. The Kier molecular flexibility index (Phi) is 14.8. The van der Waals surface area contributed by atoms with Crippen molar-refractivity contribution in [1.29, 1.82) is 0 Å². The largest absolute Gasteiger partial charge is 0.257 e. The zero-order chi connectivity index (χ0) is 39.4. The third-order valence-electron chi connectivity index (χ3n) is 14.9. The predicted octanol–water partition coefficient (Wildman–Crippen LogP) is 15.2. The summed E-state index contributed by atoms with van der Waals surface area (Å²) in [5.41, 5.74) is 11.8. The number of allylic oxidation sites excluding steroid dienone is 4. The SMILES string of the molecule is CCCCCCCCCCCCCCC1(C)Cc2cc3c(cc2C1)C(CCCC)(CCCC)C1=CC2C(C=C13)CCC2[Si](C)(C)N(C(C)(C)C)[N+](C)(C)C. The minimum absolute atomic E-state index is 0.145. The Morgan fingerprint density at radius 1 is 0.685 bits per heavy atom. The molecular weight excluding hydrogens is 669 g/mol. The highest BCUT2D eigenvalue weighted by atomic mass is 28.3. The van der Waals surface area contributed by atoms with Crippen LogP contribution in [0.5, 0.6) is 0 Å². The van der Waals surface area contributed by atoms with Gasteiger partial charge in [-0.05, 0) is 115 Å². The second kappa shape index (κ2) is 18.2. The Morgan fingerprint density at radius 3 is 1.72 bits per heavy atom. The van der Waals surface area contributed by atoms with Gasteiger partial charge in [0, 0.05) is 5.41 Å². The van der Waals surface area contributed by atoms with Crippen LogP contribution in [0.1, 0.15) is 206 Å². The molecule has 0 bridgehead atoms. The molecule has 4 aliphatic carbocycles. The summed E-state index contributed by atoms with van der Waals surface area (Å²) in [5, 5.41) is 0. The van der Waals surface area contributed by atoms with E-state index >= 15 is 0 Å². The maximum atomic E-state index is 2.96. The van der Waals surface area contributed by atoms with Crippen molar-refractivity contribution in [1.82, 2.24) is 4.67 Å². The number of fused-ring (bicyclic) bond motifs is 5. The molecule has 4 unspecified atom stereocenters. The highest BCUT2D eigenvalue weighted by Crippen LogP contribution is 2.62. The zero-order valence-corrected chi connectivity index (χ0v) is 39.2. The van der Waals surface area contributed by atoms with Gasteiger partial charge in [0.05, 0.1) is 26.7 Å². The number of benzene rings is 1. The van der Waals surface area contributed by atoms with Crippen LogP contribution in [0, 0.1) is 17.3 Å². The van der Waals surface area contributed by atoms with Crippen molar-refractivity contribution in [2.24, 2.45) is 17.3 Å². The van der Waals surface area contributed by atoms with Crippen LogP contribution in [0.15, 0.2) is 29.9 Å². The average Bonchev–Trinajstić information content (AvgIpc) is 3.73. The maximum Gasteiger partial charge on any atom is 0.191 e. The highest BCUT2D eigenvalue weighted by Gasteiger charge is 2.57. The van der Waals surface area contributed by atoms with Gasteiger partial charge >= 0.3 is 0 Å². The van der Waals surface area contributed by atoms with Crippen molar-refractivity contribution >= 4 is 13.8 Å². The van der Waals surface area contributed by atoms with E-state index < -0.39 is 8.24 Å². The molecule has 1 aromatic rings. The van der Waals surface area contributed by atoms with Gasteiger partial charge in [-0.15, -0.1) is 0 Å². The van der Waals surface area contributed by atoms with Gasteiger partial charge in [-0.2, -0.15) is 4.67 Å². The quantitative estimate of drug-likeness (QED) is 0.0493. The Hall–Kier alpha value is -1.16. The molecule has 0 aromatic heterocycles. The van der Waals surface area contributed by atoms with E-state index in [1.165, 1.54) is 148 Å². The molecule has 306 valence electrons. The number of quaternary nitrogens is 1. The molecule has 4 aliphatic rings. The van der Waals surface area contributed by atoms with Gasteiger partial charge in [0.25, 0.3) is 0 Å². The summed E-state index contributed by atoms with van der Waals surface area (Å²) in [4.78, 5) is 0. The molecular formula is C51H89N2Si+. The summed E-state index contributed by atoms with van der Waals surface area (Å²) in [6, 6.07) is 5.58. The van der Waals surface area contributed by atoms with Crippen LogP contribution in [-0.2, 0) is 18.3 Å². The van der Waals surface area contributed by atoms with Gasteiger partial charge in [-0.25, -0.2) is 0 Å². The number of rotatable bonds is 22. The molecule has 3 heteroatoms. The van der Waals surface area contributed by atoms with E-state index in [4.69, 9.17) is 0 Å². The lowest BCUT2D eigenvalue weighted by Gasteiger charge is -2.55. The van der Waals surface area contributed by atoms with Crippen molar-refractivity contribution in [3.05, 3.63) is 52.1 Å². The molecule has 0 radical (unpaired) electrons. The Morgan fingerprint density at radius 2 is 1.20 bits per heavy atom. The molecule has 1 saturated carbocycles. The predicted molar refractivity (Wildman–Crippen MR) is 242 cm³/mol. The number of hydrogen-bond acceptors (Lipinski definition) is 1. The number of nitrogens with zero attached hydrogens (tertiary/aromatic N) is 2. The van der Waals surface area contributed by atoms with Crippen molar-refractivity contribution in [3.63, 3.8) is 0 Å². The van der Waals surface area contributed by atoms with Gasteiger partial charge in [-0.3, -0.25) is 4.59 Å². The Balaban J connectivity index is 1.34. The molecule has 0 saturated heterocycles. The van der Waals surface area contributed by atoms with Crippen molar-refractivity contribution in [2.75, 3.05) is 21.1 Å². The Bertz CT molecular complexity index is 1410. The minimum Gasteiger partial charge on any atom is -0.257 e. The van der Waals surface area contributed by atoms with E-state index in [0.29, 0.717) is 17.3 Å². The second-order valence-electron chi connectivity index (χ2n) is 21.9. The van der Waals surface area contributed by atoms with E-state index in [0.717, 1.165) is 10.1 Å². The molecule has 4 atom stereocenters. The minimum atomic E-state index is -1.83. The molecule has 2 nitrogen and oxygen atoms in total. The smallest absolute Gasteiger partial charge is 0.191 e. The van der Waals surface area contributed by atoms with E-state index in [1.807, 2.05) is 0 Å². The number of hydrogen-bond donors (Lipinski definition) is 0. The topological polar surface area (TPSA) is 3.24 Å². The number of unbranched alkanes of at least 4 members (excludes halogenated alkanes) is 13. The van der Waals surface area contributed by atoms with E-state index in [2.05, 4.69) is 112 Å². The lowest BCUT2D eigenvalue weighted by atomic mass is 9.68. The van der Waals surface area contributed by atoms with Crippen LogP contribution in [0.25, 0.3) is 5.57 Å². The van der Waals surface area contributed by atoms with Crippen LogP contribution >= 0.6 is 0 Å². The monoisotopic (exact) mass is 758 g/mol. The summed E-state index contributed by atoms with van der Waals surface area (Å²) in [5.74, 6) is 1.38. The average molecular weight is 758 g/mol. The molecule has 0 aliphatic heterocycles. The van der Waals surface area contributed by atoms with Crippen molar-refractivity contribution < 1.29 is 4.59 Å². The van der Waals surface area contributed by atoms with Gasteiger partial charge in [0.1, 0.15) is 0 Å². The lowest BCUT2D eigenvalue weighted by molar-refractivity contribution is -0.978. The first-order valence-electron chi connectivity index (χ1n) is 23.8. The molecule has 0 heterocycles. The fourth-order valence-corrected chi connectivity index (χ4v) is 18.9. The van der Waals surface area contributed by atoms with Gasteiger partial charge < -0.3 is 0 Å². The fourth-order valence-electron chi connectivity index (χ4n) is 13.2. The van der Waals surface area contributed by atoms with Gasteiger partial charge in [-0.1, -0.05) is 174 Å². The van der Waals surface area contributed by atoms with Crippen LogP contribution in [0.3, 0.4) is 0 Å². The second-order valence-corrected chi connectivity index (χ2v) is 26.4. The molecule has 1 aromatic carbocycles. The van der Waals surface area contributed by atoms with E-state index in [-0.39, 0.29) is 11.0 Å². The maximum absolute atomic E-state index is 2.96. The summed E-state index contributed by atoms with van der Waals surface area (Å²) < 4.78 is 3.88. The fraction of sp³-hybridized carbons (Fsp3) is 0.804. The first-order valence-corrected chi connectivity index (χ1v) is 26.8. The van der Waals surface area contributed by atoms with E-state index in [1.54, 1.807) is 33.4 Å². The highest BCUT2D eigenvalue weighted by molar-refractivity contribution is 6.76. The summed E-state index contributed by atoms with van der Waals surface area (Å²) in [7, 11) is 5.42. The molecule has 0 spiro atoms. The Labute approximate surface area is 338 Å². The molecule has 1 fully saturated rings. The van der Waals surface area contributed by atoms with Crippen LogP contribution < -0.4 is 0 Å². The molecule has 0 N–H and O–H groups in total. The summed E-state index contributed by atoms with van der Waals surface area (Å²) in [6.45, 7) is 22.6. The van der Waals surface area contributed by atoms with Crippen molar-refractivity contribution in [2.45, 2.75) is 226 Å². The van der Waals surface area contributed by atoms with Gasteiger partial charge in [0.15, 0.2) is 8.24 Å². The van der Waals surface area contributed by atoms with E-state index in [9.17, 15) is 0 Å². The lowest BCUT2D eigenvalue weighted by Crippen LogP contribution is -2.71. The normalized spacial score (nSPS) is 24.7. The third-order valence-corrected chi connectivity index (χ3v) is 19.8. The van der Waals surface area contributed by atoms with Gasteiger partial charge in [0.2, 0.25) is 0 Å². The summed E-state index contributed by atoms with van der Waals surface area (Å²) >= 11 is 0. The molecule has 5 rings (SSSR count). The zero-order valence-electron chi connectivity index (χ0n) is 38.2. The summed E-state index contributed by atoms with van der Waals surface area (Å²) in [6.07, 6.45) is 37.7.